The van der Waals surface area contributed by atoms with Crippen LogP contribution in [0, 0.1) is 34.5 Å². The van der Waals surface area contributed by atoms with Gasteiger partial charge in [0.15, 0.2) is 0 Å². The second-order valence-corrected chi connectivity index (χ2v) is 10.8. The van der Waals surface area contributed by atoms with Gasteiger partial charge in [-0.1, -0.05) is 57.0 Å². The third-order valence-corrected chi connectivity index (χ3v) is 9.39. The van der Waals surface area contributed by atoms with Gasteiger partial charge in [0.05, 0.1) is 0 Å². The Hall–Kier alpha value is -0.820. The van der Waals surface area contributed by atoms with Crippen LogP contribution in [-0.2, 0) is 6.54 Å². The molecule has 1 aromatic rings. The van der Waals surface area contributed by atoms with Gasteiger partial charge in [0.2, 0.25) is 0 Å². The van der Waals surface area contributed by atoms with Crippen molar-refractivity contribution in [3.63, 3.8) is 0 Å². The fourth-order valence-corrected chi connectivity index (χ4v) is 8.06. The minimum Gasteiger partial charge on any atom is -0.298 e. The van der Waals surface area contributed by atoms with E-state index in [-0.39, 0.29) is 0 Å². The summed E-state index contributed by atoms with van der Waals surface area (Å²) in [7, 11) is 0. The van der Waals surface area contributed by atoms with E-state index >= 15 is 0 Å². The van der Waals surface area contributed by atoms with E-state index in [0.717, 1.165) is 30.2 Å². The summed E-state index contributed by atoms with van der Waals surface area (Å²) in [6, 6.07) is 11.1. The van der Waals surface area contributed by atoms with Crippen LogP contribution in [0.15, 0.2) is 30.3 Å². The van der Waals surface area contributed by atoms with Gasteiger partial charge in [0, 0.05) is 19.6 Å². The van der Waals surface area contributed by atoms with Gasteiger partial charge in [-0.05, 0) is 78.6 Å². The molecule has 0 amide bonds. The molecule has 1 heteroatoms. The van der Waals surface area contributed by atoms with Gasteiger partial charge >= 0.3 is 0 Å². The molecule has 6 atom stereocenters. The lowest BCUT2D eigenvalue weighted by atomic mass is 9.45. The Labute approximate surface area is 160 Å². The van der Waals surface area contributed by atoms with Crippen molar-refractivity contribution in [3.05, 3.63) is 35.9 Å². The van der Waals surface area contributed by atoms with Gasteiger partial charge in [-0.25, -0.2) is 0 Å². The first-order valence-corrected chi connectivity index (χ1v) is 11.3. The van der Waals surface area contributed by atoms with Crippen molar-refractivity contribution >= 4 is 0 Å². The summed E-state index contributed by atoms with van der Waals surface area (Å²) in [4.78, 5) is 2.79. The zero-order valence-corrected chi connectivity index (χ0v) is 16.9. The van der Waals surface area contributed by atoms with E-state index in [9.17, 15) is 0 Å². The maximum atomic E-state index is 2.79. The molecule has 0 unspecified atom stereocenters. The highest BCUT2D eigenvalue weighted by Crippen LogP contribution is 2.64. The standard InChI is InChI=1S/C25H37N/c1-24-15-13-22-21(12-11-20-10-6-7-14-25(20,22)2)23(24)17-26(18-24)16-19-8-4-3-5-9-19/h3-5,8-9,20-23H,6-7,10-18H2,1-2H3/t20-,21-,22+,23+,24-,25+/m1/s1. The molecule has 142 valence electrons. The quantitative estimate of drug-likeness (QED) is 0.618. The van der Waals surface area contributed by atoms with Gasteiger partial charge in [0.25, 0.3) is 0 Å². The molecule has 1 heterocycles. The monoisotopic (exact) mass is 351 g/mol. The number of rotatable bonds is 2. The number of nitrogens with zero attached hydrogens (tertiary/aromatic N) is 1. The summed E-state index contributed by atoms with van der Waals surface area (Å²) >= 11 is 0. The van der Waals surface area contributed by atoms with Crippen LogP contribution in [-0.4, -0.2) is 18.0 Å². The first kappa shape index (κ1) is 17.3. The van der Waals surface area contributed by atoms with Crippen molar-refractivity contribution in [2.75, 3.05) is 13.1 Å². The number of hydrogen-bond acceptors (Lipinski definition) is 1. The van der Waals surface area contributed by atoms with Crippen molar-refractivity contribution in [2.24, 2.45) is 34.5 Å². The normalized spacial score (nSPS) is 45.6. The summed E-state index contributed by atoms with van der Waals surface area (Å²) in [5.74, 6) is 4.03. The Kier molecular flexibility index (Phi) is 4.23. The van der Waals surface area contributed by atoms with Crippen molar-refractivity contribution in [1.29, 1.82) is 0 Å². The molecule has 0 radical (unpaired) electrons. The Morgan fingerprint density at radius 3 is 2.62 bits per heavy atom. The molecule has 3 aliphatic carbocycles. The third kappa shape index (κ3) is 2.68. The van der Waals surface area contributed by atoms with Crippen LogP contribution in [0.1, 0.15) is 70.8 Å². The Bertz CT molecular complexity index is 639. The molecule has 4 fully saturated rings. The van der Waals surface area contributed by atoms with Gasteiger partial charge in [-0.15, -0.1) is 0 Å². The fraction of sp³-hybridized carbons (Fsp3) is 0.760. The second-order valence-electron chi connectivity index (χ2n) is 10.8. The molecule has 4 aliphatic rings. The SMILES string of the molecule is C[C@]12CC[C@H]3[C@@H](CC[C@H]4CCCC[C@@]43C)[C@@H]1CN(Cc1ccccc1)C2. The maximum absolute atomic E-state index is 2.79. The van der Waals surface area contributed by atoms with E-state index in [2.05, 4.69) is 49.1 Å². The molecule has 0 aromatic heterocycles. The zero-order chi connectivity index (χ0) is 17.8. The second kappa shape index (κ2) is 6.36. The summed E-state index contributed by atoms with van der Waals surface area (Å²) in [5, 5.41) is 0. The van der Waals surface area contributed by atoms with Gasteiger partial charge < -0.3 is 0 Å². The summed E-state index contributed by atoms with van der Waals surface area (Å²) in [6.07, 6.45) is 12.1. The highest BCUT2D eigenvalue weighted by atomic mass is 15.2. The predicted octanol–water partition coefficient (Wildman–Crippen LogP) is 6.14. The van der Waals surface area contributed by atoms with Crippen LogP contribution in [0.25, 0.3) is 0 Å². The minimum atomic E-state index is 0.577. The van der Waals surface area contributed by atoms with E-state index < -0.39 is 0 Å². The average Bonchev–Trinajstić information content (AvgIpc) is 2.98. The molecule has 0 bridgehead atoms. The third-order valence-electron chi connectivity index (χ3n) is 9.39. The van der Waals surface area contributed by atoms with Crippen LogP contribution in [0.3, 0.4) is 0 Å². The predicted molar refractivity (Wildman–Crippen MR) is 109 cm³/mol. The molecule has 0 spiro atoms. The topological polar surface area (TPSA) is 3.24 Å². The molecule has 1 aromatic carbocycles. The van der Waals surface area contributed by atoms with Crippen LogP contribution >= 0.6 is 0 Å². The highest BCUT2D eigenvalue weighted by molar-refractivity contribution is 5.16. The fourth-order valence-electron chi connectivity index (χ4n) is 8.06. The van der Waals surface area contributed by atoms with Crippen LogP contribution in [0.4, 0.5) is 0 Å². The summed E-state index contributed by atoms with van der Waals surface area (Å²) in [5.41, 5.74) is 2.75. The number of hydrogen-bond donors (Lipinski definition) is 0. The molecule has 1 saturated heterocycles. The van der Waals surface area contributed by atoms with E-state index in [4.69, 9.17) is 0 Å². The lowest BCUT2D eigenvalue weighted by Crippen LogP contribution is -2.52. The van der Waals surface area contributed by atoms with Crippen molar-refractivity contribution in [1.82, 2.24) is 4.90 Å². The summed E-state index contributed by atoms with van der Waals surface area (Å²) in [6.45, 7) is 9.18. The van der Waals surface area contributed by atoms with Crippen molar-refractivity contribution in [3.8, 4) is 0 Å². The van der Waals surface area contributed by atoms with Gasteiger partial charge in [-0.3, -0.25) is 4.90 Å². The molecule has 3 saturated carbocycles. The first-order valence-electron chi connectivity index (χ1n) is 11.3. The van der Waals surface area contributed by atoms with Gasteiger partial charge in [0.1, 0.15) is 0 Å². The Morgan fingerprint density at radius 1 is 0.923 bits per heavy atom. The van der Waals surface area contributed by atoms with E-state index in [1.54, 1.807) is 0 Å². The zero-order valence-electron chi connectivity index (χ0n) is 16.9. The van der Waals surface area contributed by atoms with E-state index in [1.165, 1.54) is 70.0 Å². The maximum Gasteiger partial charge on any atom is 0.0234 e. The lowest BCUT2D eigenvalue weighted by Gasteiger charge is -2.59. The number of likely N-dealkylation sites (tertiary alicyclic amines) is 1. The van der Waals surface area contributed by atoms with Gasteiger partial charge in [-0.2, -0.15) is 0 Å². The molecular weight excluding hydrogens is 314 g/mol. The molecular formula is C25H37N. The Balaban J connectivity index is 1.36. The van der Waals surface area contributed by atoms with Crippen molar-refractivity contribution in [2.45, 2.75) is 71.8 Å². The Morgan fingerprint density at radius 2 is 1.77 bits per heavy atom. The summed E-state index contributed by atoms with van der Waals surface area (Å²) < 4.78 is 0. The average molecular weight is 352 g/mol. The molecule has 26 heavy (non-hydrogen) atoms. The molecule has 0 N–H and O–H groups in total. The number of benzene rings is 1. The molecule has 1 aliphatic heterocycles. The highest BCUT2D eigenvalue weighted by Gasteiger charge is 2.58. The number of fused-ring (bicyclic) bond motifs is 5. The van der Waals surface area contributed by atoms with Crippen LogP contribution < -0.4 is 0 Å². The molecule has 5 rings (SSSR count). The lowest BCUT2D eigenvalue weighted by molar-refractivity contribution is -0.0979. The van der Waals surface area contributed by atoms with Crippen molar-refractivity contribution < 1.29 is 0 Å². The molecule has 1 nitrogen and oxygen atoms in total. The first-order chi connectivity index (χ1) is 12.6. The van der Waals surface area contributed by atoms with Crippen LogP contribution in [0.5, 0.6) is 0 Å². The van der Waals surface area contributed by atoms with Crippen LogP contribution in [0.2, 0.25) is 0 Å². The van der Waals surface area contributed by atoms with E-state index in [0.29, 0.717) is 10.8 Å². The largest absolute Gasteiger partial charge is 0.298 e. The van der Waals surface area contributed by atoms with E-state index in [1.807, 2.05) is 0 Å². The smallest absolute Gasteiger partial charge is 0.0234 e. The minimum absolute atomic E-state index is 0.577.